The summed E-state index contributed by atoms with van der Waals surface area (Å²) in [7, 11) is 4.45. The minimum Gasteiger partial charge on any atom is -0.454 e. The summed E-state index contributed by atoms with van der Waals surface area (Å²) in [6.45, 7) is 3.52. The Bertz CT molecular complexity index is 732. The summed E-state index contributed by atoms with van der Waals surface area (Å²) in [5.74, 6) is 1.80. The summed E-state index contributed by atoms with van der Waals surface area (Å²) >= 11 is 0. The van der Waals surface area contributed by atoms with Crippen molar-refractivity contribution in [3.63, 3.8) is 0 Å². The molecule has 1 unspecified atom stereocenters. The van der Waals surface area contributed by atoms with Crippen molar-refractivity contribution in [1.82, 2.24) is 9.80 Å². The van der Waals surface area contributed by atoms with Crippen LogP contribution < -0.4 is 9.47 Å². The zero-order valence-electron chi connectivity index (χ0n) is 15.1. The minimum atomic E-state index is 0.343. The summed E-state index contributed by atoms with van der Waals surface area (Å²) in [4.78, 5) is 4.90. The normalized spacial score (nSPS) is 19.2. The minimum absolute atomic E-state index is 0.343. The third-order valence-electron chi connectivity index (χ3n) is 5.37. The Morgan fingerprint density at radius 2 is 1.88 bits per heavy atom. The standard InChI is InChI=1S/C21H26N2O2/c1-22(10-8-16-6-4-3-5-7-16)14-19-18-13-21-20(24-15-25-21)12-17(18)9-11-23(19)2/h3-7,12-13,19H,8-11,14-15H2,1-2H3. The molecule has 4 heteroatoms. The highest BCUT2D eigenvalue weighted by atomic mass is 16.7. The topological polar surface area (TPSA) is 24.9 Å². The molecule has 4 rings (SSSR count). The van der Waals surface area contributed by atoms with Gasteiger partial charge >= 0.3 is 0 Å². The molecule has 2 aromatic rings. The molecule has 2 heterocycles. The van der Waals surface area contributed by atoms with Gasteiger partial charge in [0.2, 0.25) is 6.79 Å². The second-order valence-corrected chi connectivity index (χ2v) is 7.15. The van der Waals surface area contributed by atoms with E-state index >= 15 is 0 Å². The maximum absolute atomic E-state index is 5.60. The third-order valence-corrected chi connectivity index (χ3v) is 5.37. The monoisotopic (exact) mass is 338 g/mol. The SMILES string of the molecule is CN(CCc1ccccc1)CC1c2cc3c(cc2CCN1C)OCO3. The molecule has 2 aliphatic heterocycles. The van der Waals surface area contributed by atoms with Crippen molar-refractivity contribution < 1.29 is 9.47 Å². The van der Waals surface area contributed by atoms with Crippen LogP contribution in [0, 0.1) is 0 Å². The van der Waals surface area contributed by atoms with E-state index in [9.17, 15) is 0 Å². The van der Waals surface area contributed by atoms with E-state index in [1.807, 2.05) is 0 Å². The van der Waals surface area contributed by atoms with Crippen LogP contribution in [0.15, 0.2) is 42.5 Å². The van der Waals surface area contributed by atoms with Crippen LogP contribution in [0.1, 0.15) is 22.7 Å². The van der Waals surface area contributed by atoms with Crippen LogP contribution >= 0.6 is 0 Å². The van der Waals surface area contributed by atoms with E-state index in [1.54, 1.807) is 0 Å². The molecule has 132 valence electrons. The zero-order valence-corrected chi connectivity index (χ0v) is 15.1. The first kappa shape index (κ1) is 16.4. The quantitative estimate of drug-likeness (QED) is 0.836. The zero-order chi connectivity index (χ0) is 17.2. The lowest BCUT2D eigenvalue weighted by Crippen LogP contribution is -2.39. The Hall–Kier alpha value is -2.04. The van der Waals surface area contributed by atoms with E-state index in [1.165, 1.54) is 16.7 Å². The van der Waals surface area contributed by atoms with E-state index in [0.717, 1.165) is 44.0 Å². The van der Waals surface area contributed by atoms with Gasteiger partial charge in [-0.15, -0.1) is 0 Å². The molecule has 0 fully saturated rings. The first-order valence-electron chi connectivity index (χ1n) is 9.06. The fourth-order valence-corrected chi connectivity index (χ4v) is 3.81. The first-order chi connectivity index (χ1) is 12.2. The van der Waals surface area contributed by atoms with Crippen LogP contribution in [0.2, 0.25) is 0 Å². The molecule has 0 amide bonds. The van der Waals surface area contributed by atoms with E-state index in [2.05, 4.69) is 66.4 Å². The van der Waals surface area contributed by atoms with Gasteiger partial charge in [0.1, 0.15) is 0 Å². The highest BCUT2D eigenvalue weighted by Crippen LogP contribution is 2.40. The maximum Gasteiger partial charge on any atom is 0.231 e. The lowest BCUT2D eigenvalue weighted by atomic mass is 9.92. The van der Waals surface area contributed by atoms with Gasteiger partial charge in [0, 0.05) is 25.7 Å². The largest absolute Gasteiger partial charge is 0.454 e. The molecule has 0 bridgehead atoms. The summed E-state index contributed by atoms with van der Waals surface area (Å²) in [5.41, 5.74) is 4.20. The van der Waals surface area contributed by atoms with Gasteiger partial charge < -0.3 is 14.4 Å². The van der Waals surface area contributed by atoms with Crippen molar-refractivity contribution in [2.24, 2.45) is 0 Å². The molecular formula is C21H26N2O2. The smallest absolute Gasteiger partial charge is 0.231 e. The lowest BCUT2D eigenvalue weighted by molar-refractivity contribution is 0.171. The molecule has 0 radical (unpaired) electrons. The van der Waals surface area contributed by atoms with E-state index in [4.69, 9.17) is 9.47 Å². The fourth-order valence-electron chi connectivity index (χ4n) is 3.81. The molecule has 0 spiro atoms. The second kappa shape index (κ2) is 7.06. The van der Waals surface area contributed by atoms with E-state index in [-0.39, 0.29) is 0 Å². The van der Waals surface area contributed by atoms with Gasteiger partial charge in [0.05, 0.1) is 0 Å². The molecule has 0 aromatic heterocycles. The Kier molecular flexibility index (Phi) is 4.64. The van der Waals surface area contributed by atoms with Crippen molar-refractivity contribution in [1.29, 1.82) is 0 Å². The average molecular weight is 338 g/mol. The Labute approximate surface area is 150 Å². The number of nitrogens with zero attached hydrogens (tertiary/aromatic N) is 2. The molecule has 2 aromatic carbocycles. The number of ether oxygens (including phenoxy) is 2. The number of hydrogen-bond acceptors (Lipinski definition) is 4. The number of hydrogen-bond donors (Lipinski definition) is 0. The molecule has 0 N–H and O–H groups in total. The third kappa shape index (κ3) is 3.51. The molecule has 0 saturated heterocycles. The van der Waals surface area contributed by atoms with Crippen molar-refractivity contribution in [2.45, 2.75) is 18.9 Å². The van der Waals surface area contributed by atoms with Crippen LogP contribution in [-0.2, 0) is 12.8 Å². The summed E-state index contributed by atoms with van der Waals surface area (Å²) in [6.07, 6.45) is 2.16. The first-order valence-corrected chi connectivity index (χ1v) is 9.06. The van der Waals surface area contributed by atoms with Crippen LogP contribution in [0.25, 0.3) is 0 Å². The van der Waals surface area contributed by atoms with Crippen LogP contribution in [0.5, 0.6) is 11.5 Å². The van der Waals surface area contributed by atoms with Crippen molar-refractivity contribution in [3.05, 3.63) is 59.2 Å². The van der Waals surface area contributed by atoms with Gasteiger partial charge in [0.15, 0.2) is 11.5 Å². The molecule has 0 saturated carbocycles. The summed E-state index contributed by atoms with van der Waals surface area (Å²) < 4.78 is 11.2. The Morgan fingerprint density at radius 1 is 1.12 bits per heavy atom. The van der Waals surface area contributed by atoms with Gasteiger partial charge in [-0.25, -0.2) is 0 Å². The molecular weight excluding hydrogens is 312 g/mol. The summed E-state index contributed by atoms with van der Waals surface area (Å²) in [5, 5.41) is 0. The number of likely N-dealkylation sites (N-methyl/N-ethyl adjacent to an activating group) is 2. The van der Waals surface area contributed by atoms with E-state index in [0.29, 0.717) is 12.8 Å². The number of fused-ring (bicyclic) bond motifs is 2. The molecule has 1 atom stereocenters. The van der Waals surface area contributed by atoms with Gasteiger partial charge in [-0.3, -0.25) is 4.90 Å². The number of benzene rings is 2. The van der Waals surface area contributed by atoms with Gasteiger partial charge in [0.25, 0.3) is 0 Å². The predicted octanol–water partition coefficient (Wildman–Crippen LogP) is 3.12. The van der Waals surface area contributed by atoms with Crippen LogP contribution in [-0.4, -0.2) is 50.3 Å². The molecule has 2 aliphatic rings. The van der Waals surface area contributed by atoms with Crippen LogP contribution in [0.4, 0.5) is 0 Å². The Balaban J connectivity index is 1.46. The van der Waals surface area contributed by atoms with Gasteiger partial charge in [-0.1, -0.05) is 30.3 Å². The molecule has 4 nitrogen and oxygen atoms in total. The maximum atomic E-state index is 5.60. The lowest BCUT2D eigenvalue weighted by Gasteiger charge is -2.37. The van der Waals surface area contributed by atoms with Crippen LogP contribution in [0.3, 0.4) is 0 Å². The van der Waals surface area contributed by atoms with Crippen molar-refractivity contribution >= 4 is 0 Å². The van der Waals surface area contributed by atoms with Crippen molar-refractivity contribution in [2.75, 3.05) is 40.5 Å². The number of rotatable bonds is 5. The van der Waals surface area contributed by atoms with Crippen molar-refractivity contribution in [3.8, 4) is 11.5 Å². The Morgan fingerprint density at radius 3 is 2.68 bits per heavy atom. The average Bonchev–Trinajstić information content (AvgIpc) is 3.09. The predicted molar refractivity (Wildman–Crippen MR) is 99.3 cm³/mol. The molecule has 25 heavy (non-hydrogen) atoms. The summed E-state index contributed by atoms with van der Waals surface area (Å²) in [6, 6.07) is 15.5. The van der Waals surface area contributed by atoms with Gasteiger partial charge in [-0.2, -0.15) is 0 Å². The highest BCUT2D eigenvalue weighted by molar-refractivity contribution is 5.50. The fraction of sp³-hybridized carbons (Fsp3) is 0.429. The van der Waals surface area contributed by atoms with Gasteiger partial charge in [-0.05, 0) is 55.8 Å². The van der Waals surface area contributed by atoms with E-state index < -0.39 is 0 Å². The molecule has 0 aliphatic carbocycles. The highest BCUT2D eigenvalue weighted by Gasteiger charge is 2.29. The second-order valence-electron chi connectivity index (χ2n) is 7.15.